The van der Waals surface area contributed by atoms with E-state index in [4.69, 9.17) is 5.11 Å². The van der Waals surface area contributed by atoms with Gasteiger partial charge in [0.2, 0.25) is 0 Å². The lowest BCUT2D eigenvalue weighted by molar-refractivity contribution is -0.146. The number of aliphatic carboxylic acids is 1. The molecule has 0 spiro atoms. The van der Waals surface area contributed by atoms with Crippen LogP contribution >= 0.6 is 0 Å². The maximum absolute atomic E-state index is 10.5. The van der Waals surface area contributed by atoms with Crippen molar-refractivity contribution >= 4 is 5.97 Å². The number of carbonyl (C=O) groups is 1. The van der Waals surface area contributed by atoms with Gasteiger partial charge in [0, 0.05) is 0 Å². The van der Waals surface area contributed by atoms with E-state index in [0.717, 1.165) is 19.3 Å². The van der Waals surface area contributed by atoms with Gasteiger partial charge in [-0.05, 0) is 18.8 Å². The Kier molecular flexibility index (Phi) is 2.73. The Balaban J connectivity index is 2.59. The van der Waals surface area contributed by atoms with E-state index < -0.39 is 11.6 Å². The molecule has 0 aliphatic heterocycles. The molecule has 0 bridgehead atoms. The summed E-state index contributed by atoms with van der Waals surface area (Å²) >= 11 is 0. The SMILES string of the molecule is CC1CCCCC1(O)CC(=O)O. The third-order valence-corrected chi connectivity index (χ3v) is 2.87. The Morgan fingerprint density at radius 3 is 2.75 bits per heavy atom. The summed E-state index contributed by atoms with van der Waals surface area (Å²) in [5.41, 5.74) is -0.940. The van der Waals surface area contributed by atoms with Gasteiger partial charge in [0.1, 0.15) is 0 Å². The van der Waals surface area contributed by atoms with Crippen LogP contribution in [0.3, 0.4) is 0 Å². The Morgan fingerprint density at radius 2 is 2.25 bits per heavy atom. The van der Waals surface area contributed by atoms with Gasteiger partial charge >= 0.3 is 5.97 Å². The predicted octanol–water partition coefficient (Wildman–Crippen LogP) is 1.40. The second-order valence-electron chi connectivity index (χ2n) is 3.82. The molecule has 1 rings (SSSR count). The molecule has 2 unspecified atom stereocenters. The summed E-state index contributed by atoms with van der Waals surface area (Å²) in [6.45, 7) is 1.93. The van der Waals surface area contributed by atoms with E-state index in [1.54, 1.807) is 0 Å². The topological polar surface area (TPSA) is 57.5 Å². The molecule has 0 saturated heterocycles. The Labute approximate surface area is 72.4 Å². The highest BCUT2D eigenvalue weighted by atomic mass is 16.4. The van der Waals surface area contributed by atoms with Gasteiger partial charge in [-0.2, -0.15) is 0 Å². The number of hydrogen-bond donors (Lipinski definition) is 2. The Hall–Kier alpha value is -0.570. The van der Waals surface area contributed by atoms with Crippen LogP contribution in [-0.4, -0.2) is 21.8 Å². The van der Waals surface area contributed by atoms with E-state index in [0.29, 0.717) is 6.42 Å². The van der Waals surface area contributed by atoms with Crippen LogP contribution in [0.5, 0.6) is 0 Å². The minimum atomic E-state index is -0.940. The van der Waals surface area contributed by atoms with Crippen molar-refractivity contribution in [3.63, 3.8) is 0 Å². The lowest BCUT2D eigenvalue weighted by atomic mass is 9.74. The first-order valence-electron chi connectivity index (χ1n) is 4.49. The van der Waals surface area contributed by atoms with Crippen molar-refractivity contribution in [2.45, 2.75) is 44.6 Å². The van der Waals surface area contributed by atoms with E-state index in [9.17, 15) is 9.90 Å². The van der Waals surface area contributed by atoms with Crippen molar-refractivity contribution in [2.24, 2.45) is 5.92 Å². The van der Waals surface area contributed by atoms with Gasteiger partial charge in [0.15, 0.2) is 0 Å². The molecule has 0 radical (unpaired) electrons. The molecule has 1 aliphatic carbocycles. The smallest absolute Gasteiger partial charge is 0.306 e. The van der Waals surface area contributed by atoms with Gasteiger partial charge in [-0.25, -0.2) is 0 Å². The van der Waals surface area contributed by atoms with Gasteiger partial charge in [0.05, 0.1) is 12.0 Å². The number of rotatable bonds is 2. The van der Waals surface area contributed by atoms with E-state index in [-0.39, 0.29) is 12.3 Å². The second-order valence-corrected chi connectivity index (χ2v) is 3.82. The number of hydrogen-bond acceptors (Lipinski definition) is 2. The molecule has 0 aromatic carbocycles. The van der Waals surface area contributed by atoms with Crippen molar-refractivity contribution in [2.75, 3.05) is 0 Å². The molecule has 1 saturated carbocycles. The molecule has 3 nitrogen and oxygen atoms in total. The van der Waals surface area contributed by atoms with Crippen molar-refractivity contribution < 1.29 is 15.0 Å². The molecule has 70 valence electrons. The van der Waals surface area contributed by atoms with Gasteiger partial charge in [-0.1, -0.05) is 19.8 Å². The molecule has 12 heavy (non-hydrogen) atoms. The van der Waals surface area contributed by atoms with Crippen molar-refractivity contribution in [3.05, 3.63) is 0 Å². The first-order valence-corrected chi connectivity index (χ1v) is 4.49. The van der Waals surface area contributed by atoms with Crippen LogP contribution in [0.25, 0.3) is 0 Å². The van der Waals surface area contributed by atoms with Gasteiger partial charge < -0.3 is 10.2 Å². The number of aliphatic hydroxyl groups is 1. The first kappa shape index (κ1) is 9.52. The van der Waals surface area contributed by atoms with E-state index >= 15 is 0 Å². The minimum absolute atomic E-state index is 0.103. The highest BCUT2D eigenvalue weighted by Gasteiger charge is 2.37. The summed E-state index contributed by atoms with van der Waals surface area (Å²) in [6, 6.07) is 0. The molecule has 1 aliphatic rings. The van der Waals surface area contributed by atoms with Crippen LogP contribution < -0.4 is 0 Å². The molecular weight excluding hydrogens is 156 g/mol. The van der Waals surface area contributed by atoms with Crippen molar-refractivity contribution in [3.8, 4) is 0 Å². The van der Waals surface area contributed by atoms with Crippen LogP contribution in [0.15, 0.2) is 0 Å². The lowest BCUT2D eigenvalue weighted by Gasteiger charge is -2.36. The van der Waals surface area contributed by atoms with Crippen LogP contribution in [-0.2, 0) is 4.79 Å². The molecule has 2 N–H and O–H groups in total. The Bertz CT molecular complexity index is 179. The molecule has 0 amide bonds. The van der Waals surface area contributed by atoms with Gasteiger partial charge in [-0.15, -0.1) is 0 Å². The van der Waals surface area contributed by atoms with Crippen LogP contribution in [0.1, 0.15) is 39.0 Å². The highest BCUT2D eigenvalue weighted by molar-refractivity contribution is 5.68. The summed E-state index contributed by atoms with van der Waals surface area (Å²) in [5, 5.41) is 18.5. The van der Waals surface area contributed by atoms with Gasteiger partial charge in [-0.3, -0.25) is 4.79 Å². The van der Waals surface area contributed by atoms with E-state index in [1.165, 1.54) is 0 Å². The van der Waals surface area contributed by atoms with E-state index in [1.807, 2.05) is 6.92 Å². The summed E-state index contributed by atoms with van der Waals surface area (Å²) < 4.78 is 0. The summed E-state index contributed by atoms with van der Waals surface area (Å²) in [5.74, 6) is -0.770. The zero-order chi connectivity index (χ0) is 9.19. The monoisotopic (exact) mass is 172 g/mol. The van der Waals surface area contributed by atoms with Crippen molar-refractivity contribution in [1.29, 1.82) is 0 Å². The molecule has 0 heterocycles. The average molecular weight is 172 g/mol. The average Bonchev–Trinajstić information content (AvgIpc) is 1.94. The predicted molar refractivity (Wildman–Crippen MR) is 44.8 cm³/mol. The third kappa shape index (κ3) is 1.97. The van der Waals surface area contributed by atoms with Gasteiger partial charge in [0.25, 0.3) is 0 Å². The summed E-state index contributed by atoms with van der Waals surface area (Å²) in [6.07, 6.45) is 3.55. The van der Waals surface area contributed by atoms with Crippen LogP contribution in [0.4, 0.5) is 0 Å². The lowest BCUT2D eigenvalue weighted by Crippen LogP contribution is -2.41. The number of carboxylic acid groups (broad SMARTS) is 1. The maximum atomic E-state index is 10.5. The summed E-state index contributed by atoms with van der Waals surface area (Å²) in [4.78, 5) is 10.5. The second kappa shape index (κ2) is 3.44. The highest BCUT2D eigenvalue weighted by Crippen LogP contribution is 2.35. The number of carboxylic acids is 1. The molecular formula is C9H16O3. The molecule has 0 aromatic heterocycles. The Morgan fingerprint density at radius 1 is 1.58 bits per heavy atom. The zero-order valence-electron chi connectivity index (χ0n) is 7.42. The first-order chi connectivity index (χ1) is 5.54. The van der Waals surface area contributed by atoms with Crippen LogP contribution in [0, 0.1) is 5.92 Å². The molecule has 3 heteroatoms. The van der Waals surface area contributed by atoms with Crippen molar-refractivity contribution in [1.82, 2.24) is 0 Å². The maximum Gasteiger partial charge on any atom is 0.306 e. The molecule has 0 aromatic rings. The zero-order valence-corrected chi connectivity index (χ0v) is 7.42. The third-order valence-electron chi connectivity index (χ3n) is 2.87. The summed E-state index contributed by atoms with van der Waals surface area (Å²) in [7, 11) is 0. The normalized spacial score (nSPS) is 36.3. The molecule has 2 atom stereocenters. The fourth-order valence-corrected chi connectivity index (χ4v) is 1.92. The minimum Gasteiger partial charge on any atom is -0.481 e. The standard InChI is InChI=1S/C9H16O3/c1-7-4-2-3-5-9(7,12)6-8(10)11/h7,12H,2-6H2,1H3,(H,10,11). The largest absolute Gasteiger partial charge is 0.481 e. The quantitative estimate of drug-likeness (QED) is 0.662. The molecule has 1 fully saturated rings. The fourth-order valence-electron chi connectivity index (χ4n) is 1.92. The van der Waals surface area contributed by atoms with E-state index in [2.05, 4.69) is 0 Å². The van der Waals surface area contributed by atoms with Crippen LogP contribution in [0.2, 0.25) is 0 Å². The fraction of sp³-hybridized carbons (Fsp3) is 0.889.